The number of likely N-dealkylation sites (tertiary alicyclic amines) is 1. The molecule has 1 aliphatic heterocycles. The minimum atomic E-state index is -0.231. The van der Waals surface area contributed by atoms with Crippen molar-refractivity contribution in [1.29, 1.82) is 5.41 Å². The third-order valence-electron chi connectivity index (χ3n) is 8.32. The van der Waals surface area contributed by atoms with Crippen LogP contribution in [0, 0.1) is 17.7 Å². The Kier molecular flexibility index (Phi) is 7.53. The van der Waals surface area contributed by atoms with Gasteiger partial charge in [-0.2, -0.15) is 0 Å². The minimum Gasteiger partial charge on any atom is -0.383 e. The Labute approximate surface area is 254 Å². The molecule has 10 heteroatoms. The predicted octanol–water partition coefficient (Wildman–Crippen LogP) is 5.74. The van der Waals surface area contributed by atoms with E-state index >= 15 is 0 Å². The number of para-hydroxylation sites is 1. The third kappa shape index (κ3) is 5.65. The number of rotatable bonds is 8. The lowest BCUT2D eigenvalue weighted by Crippen LogP contribution is -2.41. The molecule has 2 unspecified atom stereocenters. The molecule has 0 bridgehead atoms. The molecular weight excluding hydrogens is 558 g/mol. The molecule has 6 rings (SSSR count). The molecule has 2 aromatic carbocycles. The Hall–Kier alpha value is -4.83. The Balaban J connectivity index is 1.31. The van der Waals surface area contributed by atoms with Crippen molar-refractivity contribution in [2.75, 3.05) is 29.5 Å². The van der Waals surface area contributed by atoms with E-state index in [0.29, 0.717) is 28.9 Å². The van der Waals surface area contributed by atoms with Crippen LogP contribution in [0.1, 0.15) is 45.8 Å². The Morgan fingerprint density at radius 3 is 2.56 bits per heavy atom. The number of nitrogens with zero attached hydrogens (tertiary/aromatic N) is 3. The number of nitrogens with two attached hydrogens (primary N) is 1. The standard InChI is InChI=1S/C33H33N7O2S/c1-3-27(41)40-15-7-14-33(19-40)16-26(33)39-30-24(25-18-36-20(2)43-25)17-37-31(35)28(30)29(34)21-10-12-22(13-11-21)32(42)38-23-8-5-4-6-9-23/h3-6,8-13,17-18,26,34H,1,7,14-16,19H2,2H3,(H,38,42)(H3,35,37,39). The molecule has 9 nitrogen and oxygen atoms in total. The molecule has 1 spiro atoms. The molecule has 3 heterocycles. The van der Waals surface area contributed by atoms with Gasteiger partial charge in [0.15, 0.2) is 0 Å². The number of benzene rings is 2. The average Bonchev–Trinajstić information content (AvgIpc) is 3.46. The number of aryl methyl sites for hydroxylation is 1. The second-order valence-electron chi connectivity index (χ2n) is 11.2. The fourth-order valence-electron chi connectivity index (χ4n) is 5.91. The maximum Gasteiger partial charge on any atom is 0.255 e. The SMILES string of the molecule is C=CC(=O)N1CCCC2(CC2Nc2c(-c3cnc(C)s3)cnc(N)c2C(=N)c2ccc(C(=O)Nc3ccccc3)cc2)C1. The molecule has 1 aliphatic carbocycles. The van der Waals surface area contributed by atoms with Crippen LogP contribution in [0.2, 0.25) is 0 Å². The van der Waals surface area contributed by atoms with Crippen LogP contribution in [0.5, 0.6) is 0 Å². The number of pyridine rings is 1. The van der Waals surface area contributed by atoms with Gasteiger partial charge in [-0.1, -0.05) is 36.9 Å². The molecule has 1 saturated carbocycles. The van der Waals surface area contributed by atoms with Gasteiger partial charge in [0.1, 0.15) is 5.82 Å². The molecule has 0 radical (unpaired) electrons. The normalized spacial score (nSPS) is 19.1. The highest BCUT2D eigenvalue weighted by Crippen LogP contribution is 2.55. The largest absolute Gasteiger partial charge is 0.383 e. The number of nitrogen functional groups attached to an aromatic ring is 1. The van der Waals surface area contributed by atoms with Crippen molar-refractivity contribution in [3.63, 3.8) is 0 Å². The van der Waals surface area contributed by atoms with Gasteiger partial charge in [0.2, 0.25) is 5.91 Å². The van der Waals surface area contributed by atoms with Gasteiger partial charge in [-0.15, -0.1) is 11.3 Å². The number of hydrogen-bond acceptors (Lipinski definition) is 8. The molecule has 4 aromatic rings. The van der Waals surface area contributed by atoms with E-state index in [-0.39, 0.29) is 34.8 Å². The first-order valence-corrected chi connectivity index (χ1v) is 15.0. The van der Waals surface area contributed by atoms with E-state index in [4.69, 9.17) is 5.73 Å². The average molecular weight is 592 g/mol. The number of thiazole rings is 1. The van der Waals surface area contributed by atoms with Crippen molar-refractivity contribution in [3.05, 3.63) is 101 Å². The van der Waals surface area contributed by atoms with E-state index in [1.807, 2.05) is 48.4 Å². The highest BCUT2D eigenvalue weighted by atomic mass is 32.1. The third-order valence-corrected chi connectivity index (χ3v) is 9.26. The van der Waals surface area contributed by atoms with Gasteiger partial charge in [-0.05, 0) is 56.5 Å². The van der Waals surface area contributed by atoms with Crippen molar-refractivity contribution < 1.29 is 9.59 Å². The number of aromatic nitrogens is 2. The van der Waals surface area contributed by atoms with Crippen molar-refractivity contribution in [2.24, 2.45) is 5.41 Å². The molecule has 2 amide bonds. The van der Waals surface area contributed by atoms with Crippen LogP contribution < -0.4 is 16.4 Å². The van der Waals surface area contributed by atoms with Crippen LogP contribution in [-0.4, -0.2) is 51.5 Å². The lowest BCUT2D eigenvalue weighted by atomic mass is 9.93. The summed E-state index contributed by atoms with van der Waals surface area (Å²) >= 11 is 1.55. The Morgan fingerprint density at radius 2 is 1.86 bits per heavy atom. The Morgan fingerprint density at radius 1 is 1.12 bits per heavy atom. The van der Waals surface area contributed by atoms with Gasteiger partial charge in [0.25, 0.3) is 5.91 Å². The van der Waals surface area contributed by atoms with Gasteiger partial charge in [0, 0.05) is 59.3 Å². The maximum atomic E-state index is 12.8. The van der Waals surface area contributed by atoms with E-state index in [9.17, 15) is 15.0 Å². The molecule has 43 heavy (non-hydrogen) atoms. The predicted molar refractivity (Wildman–Crippen MR) is 172 cm³/mol. The van der Waals surface area contributed by atoms with E-state index < -0.39 is 0 Å². The van der Waals surface area contributed by atoms with Gasteiger partial charge in [-0.25, -0.2) is 9.97 Å². The highest BCUT2D eigenvalue weighted by Gasteiger charge is 2.56. The maximum absolute atomic E-state index is 12.8. The van der Waals surface area contributed by atoms with Gasteiger partial charge in [-0.3, -0.25) is 15.0 Å². The lowest BCUT2D eigenvalue weighted by Gasteiger charge is -2.33. The van der Waals surface area contributed by atoms with Crippen molar-refractivity contribution in [2.45, 2.75) is 32.2 Å². The van der Waals surface area contributed by atoms with Crippen LogP contribution in [0.3, 0.4) is 0 Å². The zero-order valence-electron chi connectivity index (χ0n) is 23.9. The van der Waals surface area contributed by atoms with Crippen LogP contribution in [0.4, 0.5) is 17.2 Å². The fraction of sp³-hybridized carbons (Fsp3) is 0.242. The molecule has 1 saturated heterocycles. The summed E-state index contributed by atoms with van der Waals surface area (Å²) in [6.07, 6.45) is 7.80. The summed E-state index contributed by atoms with van der Waals surface area (Å²) in [5.41, 5.74) is 10.5. The fourth-order valence-corrected chi connectivity index (χ4v) is 6.71. The number of carbonyl (C=O) groups is 2. The van der Waals surface area contributed by atoms with Gasteiger partial charge < -0.3 is 21.3 Å². The first-order valence-electron chi connectivity index (χ1n) is 14.2. The molecule has 2 aliphatic rings. The second-order valence-corrected chi connectivity index (χ2v) is 12.4. The molecule has 2 fully saturated rings. The van der Waals surface area contributed by atoms with Gasteiger partial charge >= 0.3 is 0 Å². The first kappa shape index (κ1) is 28.3. The van der Waals surface area contributed by atoms with Crippen molar-refractivity contribution in [1.82, 2.24) is 14.9 Å². The molecule has 2 aromatic heterocycles. The van der Waals surface area contributed by atoms with E-state index in [1.54, 1.807) is 41.8 Å². The summed E-state index contributed by atoms with van der Waals surface area (Å²) in [4.78, 5) is 36.9. The smallest absolute Gasteiger partial charge is 0.255 e. The topological polar surface area (TPSA) is 137 Å². The number of anilines is 3. The number of hydrogen-bond donors (Lipinski definition) is 4. The summed E-state index contributed by atoms with van der Waals surface area (Å²) in [6, 6.07) is 16.3. The summed E-state index contributed by atoms with van der Waals surface area (Å²) in [5.74, 6) is -0.0295. The summed E-state index contributed by atoms with van der Waals surface area (Å²) in [5, 5.41) is 16.8. The van der Waals surface area contributed by atoms with Crippen LogP contribution in [0.25, 0.3) is 10.4 Å². The monoisotopic (exact) mass is 591 g/mol. The first-order chi connectivity index (χ1) is 20.8. The summed E-state index contributed by atoms with van der Waals surface area (Å²) in [6.45, 7) is 7.02. The number of nitrogens with one attached hydrogen (secondary N) is 3. The molecule has 2 atom stereocenters. The quantitative estimate of drug-likeness (QED) is 0.152. The van der Waals surface area contributed by atoms with Gasteiger partial charge in [0.05, 0.1) is 26.8 Å². The molecule has 218 valence electrons. The van der Waals surface area contributed by atoms with Crippen LogP contribution >= 0.6 is 11.3 Å². The number of piperidine rings is 1. The molecular formula is C33H33N7O2S. The summed E-state index contributed by atoms with van der Waals surface area (Å²) < 4.78 is 0. The van der Waals surface area contributed by atoms with Crippen LogP contribution in [-0.2, 0) is 4.79 Å². The van der Waals surface area contributed by atoms with Crippen LogP contribution in [0.15, 0.2) is 79.6 Å². The molecule has 5 N–H and O–H groups in total. The highest BCUT2D eigenvalue weighted by molar-refractivity contribution is 7.15. The second kappa shape index (κ2) is 11.4. The lowest BCUT2D eigenvalue weighted by molar-refractivity contribution is -0.128. The zero-order chi connectivity index (χ0) is 30.1. The number of amides is 2. The van der Waals surface area contributed by atoms with Crippen molar-refractivity contribution in [3.8, 4) is 10.4 Å². The number of carbonyl (C=O) groups excluding carboxylic acids is 2. The summed E-state index contributed by atoms with van der Waals surface area (Å²) in [7, 11) is 0. The zero-order valence-corrected chi connectivity index (χ0v) is 24.7. The van der Waals surface area contributed by atoms with E-state index in [1.165, 1.54) is 6.08 Å². The minimum absolute atomic E-state index is 0.0386. The Bertz CT molecular complexity index is 1720. The van der Waals surface area contributed by atoms with Crippen molar-refractivity contribution >= 4 is 46.1 Å². The van der Waals surface area contributed by atoms with E-state index in [0.717, 1.165) is 46.9 Å². The van der Waals surface area contributed by atoms with E-state index in [2.05, 4.69) is 27.2 Å².